The lowest BCUT2D eigenvalue weighted by Crippen LogP contribution is -2.48. The second-order valence-electron chi connectivity index (χ2n) is 14.3. The number of unbranched alkanes of at least 4 members (excludes halogenated alkanes) is 28. The predicted octanol–water partition coefficient (Wildman–Crippen LogP) is 11.3. The van der Waals surface area contributed by atoms with E-state index in [0.717, 1.165) is 38.5 Å². The molecule has 6 heteroatoms. The lowest BCUT2D eigenvalue weighted by atomic mass is 9.95. The Labute approximate surface area is 291 Å². The average Bonchev–Trinajstić information content (AvgIpc) is 3.06. The molecule has 0 aromatic rings. The number of carbonyl (C=O) groups is 3. The first-order chi connectivity index (χ1) is 22.8. The molecule has 0 saturated carbocycles. The standard InChI is InChI=1S/C41H78O6/c1-4-6-8-10-12-14-16-18-20-22-24-26-28-30-32-34-37(43)39(45)40(46)41(47-36(3)42)38(44)35-33-31-29-27-25-23-21-19-17-15-13-11-9-7-5-2/h39-41,45-46H,4-35H2,1-3H3. The summed E-state index contributed by atoms with van der Waals surface area (Å²) in [7, 11) is 0. The molecular weight excluding hydrogens is 588 g/mol. The maximum Gasteiger partial charge on any atom is 0.303 e. The fraction of sp³-hybridized carbons (Fsp3) is 0.927. The Bertz CT molecular complexity index is 723. The minimum absolute atomic E-state index is 0.149. The molecule has 0 amide bonds. The van der Waals surface area contributed by atoms with Crippen LogP contribution in [0.25, 0.3) is 0 Å². The van der Waals surface area contributed by atoms with Crippen LogP contribution < -0.4 is 0 Å². The molecular formula is C41H78O6. The molecule has 0 heterocycles. The average molecular weight is 667 g/mol. The molecule has 0 aliphatic rings. The van der Waals surface area contributed by atoms with Gasteiger partial charge in [-0.15, -0.1) is 0 Å². The summed E-state index contributed by atoms with van der Waals surface area (Å²) in [6, 6.07) is 0. The van der Waals surface area contributed by atoms with Gasteiger partial charge < -0.3 is 14.9 Å². The van der Waals surface area contributed by atoms with Crippen molar-refractivity contribution >= 4 is 17.5 Å². The van der Waals surface area contributed by atoms with Crippen molar-refractivity contribution in [1.29, 1.82) is 0 Å². The molecule has 3 unspecified atom stereocenters. The summed E-state index contributed by atoms with van der Waals surface area (Å²) in [6.07, 6.45) is 32.2. The van der Waals surface area contributed by atoms with Crippen LogP contribution in [0.5, 0.6) is 0 Å². The molecule has 0 aromatic carbocycles. The molecule has 0 fully saturated rings. The Morgan fingerprint density at radius 2 is 0.681 bits per heavy atom. The molecule has 0 aliphatic carbocycles. The minimum Gasteiger partial charge on any atom is -0.452 e. The van der Waals surface area contributed by atoms with Crippen LogP contribution in [0.1, 0.15) is 226 Å². The largest absolute Gasteiger partial charge is 0.452 e. The van der Waals surface area contributed by atoms with Crippen molar-refractivity contribution < 1.29 is 29.3 Å². The number of aliphatic hydroxyl groups excluding tert-OH is 2. The summed E-state index contributed by atoms with van der Waals surface area (Å²) in [6.45, 7) is 5.68. The third-order valence-corrected chi connectivity index (χ3v) is 9.63. The van der Waals surface area contributed by atoms with E-state index in [2.05, 4.69) is 13.8 Å². The number of carbonyl (C=O) groups excluding carboxylic acids is 3. The van der Waals surface area contributed by atoms with Gasteiger partial charge in [-0.2, -0.15) is 0 Å². The van der Waals surface area contributed by atoms with Crippen LogP contribution in [0.3, 0.4) is 0 Å². The molecule has 3 atom stereocenters. The summed E-state index contributed by atoms with van der Waals surface area (Å²) in [5.41, 5.74) is 0. The first-order valence-electron chi connectivity index (χ1n) is 20.4. The zero-order valence-corrected chi connectivity index (χ0v) is 31.4. The van der Waals surface area contributed by atoms with E-state index in [4.69, 9.17) is 4.74 Å². The van der Waals surface area contributed by atoms with E-state index in [-0.39, 0.29) is 12.8 Å². The fourth-order valence-electron chi connectivity index (χ4n) is 6.49. The Kier molecular flexibility index (Phi) is 33.7. The lowest BCUT2D eigenvalue weighted by Gasteiger charge is -2.25. The van der Waals surface area contributed by atoms with Crippen molar-refractivity contribution in [2.75, 3.05) is 0 Å². The van der Waals surface area contributed by atoms with Crippen molar-refractivity contribution in [3.8, 4) is 0 Å². The van der Waals surface area contributed by atoms with Gasteiger partial charge in [-0.3, -0.25) is 14.4 Å². The van der Waals surface area contributed by atoms with Gasteiger partial charge >= 0.3 is 5.97 Å². The second-order valence-corrected chi connectivity index (χ2v) is 14.3. The Morgan fingerprint density at radius 3 is 0.957 bits per heavy atom. The number of hydrogen-bond acceptors (Lipinski definition) is 6. The first-order valence-corrected chi connectivity index (χ1v) is 20.4. The first kappa shape index (κ1) is 45.7. The summed E-state index contributed by atoms with van der Waals surface area (Å²) in [4.78, 5) is 37.1. The van der Waals surface area contributed by atoms with Crippen LogP contribution in [-0.2, 0) is 19.1 Å². The molecule has 278 valence electrons. The van der Waals surface area contributed by atoms with Crippen molar-refractivity contribution in [2.24, 2.45) is 0 Å². The molecule has 0 saturated heterocycles. The highest BCUT2D eigenvalue weighted by atomic mass is 16.6. The molecule has 2 N–H and O–H groups in total. The molecule has 0 rings (SSSR count). The van der Waals surface area contributed by atoms with E-state index >= 15 is 0 Å². The van der Waals surface area contributed by atoms with Crippen LogP contribution in [0.15, 0.2) is 0 Å². The number of ketones is 2. The fourth-order valence-corrected chi connectivity index (χ4v) is 6.49. The zero-order chi connectivity index (χ0) is 34.8. The minimum atomic E-state index is -1.73. The van der Waals surface area contributed by atoms with Gasteiger partial charge in [0, 0.05) is 19.8 Å². The third kappa shape index (κ3) is 29.4. The van der Waals surface area contributed by atoms with Gasteiger partial charge in [0.1, 0.15) is 12.2 Å². The molecule has 0 radical (unpaired) electrons. The summed E-state index contributed by atoms with van der Waals surface area (Å²) in [5.74, 6) is -1.63. The van der Waals surface area contributed by atoms with Crippen LogP contribution in [-0.4, -0.2) is 46.1 Å². The maximum atomic E-state index is 12.8. The van der Waals surface area contributed by atoms with E-state index in [1.54, 1.807) is 0 Å². The number of aliphatic hydroxyl groups is 2. The van der Waals surface area contributed by atoms with Gasteiger partial charge in [0.05, 0.1) is 0 Å². The Balaban J connectivity index is 3.99. The van der Waals surface area contributed by atoms with Crippen LogP contribution in [0.2, 0.25) is 0 Å². The van der Waals surface area contributed by atoms with Crippen molar-refractivity contribution in [2.45, 2.75) is 245 Å². The molecule has 0 bridgehead atoms. The molecule has 0 spiro atoms. The van der Waals surface area contributed by atoms with E-state index in [0.29, 0.717) is 12.8 Å². The topological polar surface area (TPSA) is 101 Å². The van der Waals surface area contributed by atoms with E-state index in [9.17, 15) is 24.6 Å². The number of esters is 1. The third-order valence-electron chi connectivity index (χ3n) is 9.63. The van der Waals surface area contributed by atoms with Gasteiger partial charge in [-0.1, -0.05) is 194 Å². The number of ether oxygens (including phenoxy) is 1. The number of Topliss-reactive ketones (excluding diaryl/α,β-unsaturated/α-hetero) is 2. The quantitative estimate of drug-likeness (QED) is 0.0505. The maximum absolute atomic E-state index is 12.8. The SMILES string of the molecule is CCCCCCCCCCCCCCCCCC(=O)C(O)C(O)C(OC(C)=O)C(=O)CCCCCCCCCCCCCCCCC. The summed E-state index contributed by atoms with van der Waals surface area (Å²) >= 11 is 0. The number of hydrogen-bond donors (Lipinski definition) is 2. The molecule has 0 aromatic heterocycles. The van der Waals surface area contributed by atoms with Crippen molar-refractivity contribution in [3.05, 3.63) is 0 Å². The zero-order valence-electron chi connectivity index (χ0n) is 31.4. The number of rotatable bonds is 37. The summed E-state index contributed by atoms with van der Waals surface area (Å²) in [5, 5.41) is 21.1. The van der Waals surface area contributed by atoms with Gasteiger partial charge in [0.25, 0.3) is 0 Å². The molecule has 47 heavy (non-hydrogen) atoms. The highest BCUT2D eigenvalue weighted by Crippen LogP contribution is 2.18. The summed E-state index contributed by atoms with van der Waals surface area (Å²) < 4.78 is 5.10. The van der Waals surface area contributed by atoms with E-state index in [1.807, 2.05) is 0 Å². The van der Waals surface area contributed by atoms with E-state index in [1.165, 1.54) is 148 Å². The molecule has 0 aliphatic heterocycles. The van der Waals surface area contributed by atoms with Crippen LogP contribution >= 0.6 is 0 Å². The van der Waals surface area contributed by atoms with Crippen molar-refractivity contribution in [3.63, 3.8) is 0 Å². The molecule has 6 nitrogen and oxygen atoms in total. The van der Waals surface area contributed by atoms with E-state index < -0.39 is 35.8 Å². The van der Waals surface area contributed by atoms with Gasteiger partial charge in [-0.25, -0.2) is 0 Å². The van der Waals surface area contributed by atoms with Gasteiger partial charge in [0.15, 0.2) is 17.7 Å². The Hall–Kier alpha value is -1.27. The monoisotopic (exact) mass is 667 g/mol. The lowest BCUT2D eigenvalue weighted by molar-refractivity contribution is -0.167. The van der Waals surface area contributed by atoms with Gasteiger partial charge in [0.2, 0.25) is 0 Å². The van der Waals surface area contributed by atoms with Crippen LogP contribution in [0.4, 0.5) is 0 Å². The smallest absolute Gasteiger partial charge is 0.303 e. The second kappa shape index (κ2) is 34.6. The normalized spacial score (nSPS) is 13.4. The highest BCUT2D eigenvalue weighted by Gasteiger charge is 2.37. The van der Waals surface area contributed by atoms with Crippen molar-refractivity contribution in [1.82, 2.24) is 0 Å². The van der Waals surface area contributed by atoms with Gasteiger partial charge in [-0.05, 0) is 12.8 Å². The van der Waals surface area contributed by atoms with Crippen LogP contribution in [0, 0.1) is 0 Å². The Morgan fingerprint density at radius 1 is 0.426 bits per heavy atom. The predicted molar refractivity (Wildman–Crippen MR) is 197 cm³/mol. The highest BCUT2D eigenvalue weighted by molar-refractivity contribution is 5.89.